The molecule has 4 rings (SSSR count). The van der Waals surface area contributed by atoms with Gasteiger partial charge in [0, 0.05) is 10.8 Å². The summed E-state index contributed by atoms with van der Waals surface area (Å²) >= 11 is 0. The van der Waals surface area contributed by atoms with Crippen LogP contribution < -0.4 is 0 Å². The molecule has 0 saturated heterocycles. The van der Waals surface area contributed by atoms with Crippen molar-refractivity contribution in [2.24, 2.45) is 0 Å². The van der Waals surface area contributed by atoms with Crippen LogP contribution >= 0.6 is 0 Å². The molecule has 0 aliphatic rings. The summed E-state index contributed by atoms with van der Waals surface area (Å²) in [6.45, 7) is 4.20. The Morgan fingerprint density at radius 3 is 2.46 bits per heavy atom. The maximum atomic E-state index is 12.0. The normalized spacial score (nSPS) is 11.2. The summed E-state index contributed by atoms with van der Waals surface area (Å²) in [6, 6.07) is 19.8. The Balaban J connectivity index is 1.89. The Labute approximate surface area is 151 Å². The zero-order valence-corrected chi connectivity index (χ0v) is 14.8. The van der Waals surface area contributed by atoms with E-state index in [2.05, 4.69) is 37.0 Å². The molecule has 0 aliphatic heterocycles. The molecular weight excluding hydrogens is 322 g/mol. The molecule has 3 heteroatoms. The molecular formula is C23H19NO2. The maximum absolute atomic E-state index is 12.0. The second-order valence-electron chi connectivity index (χ2n) is 6.77. The lowest BCUT2D eigenvalue weighted by Crippen LogP contribution is -2.02. The molecule has 3 aromatic carbocycles. The van der Waals surface area contributed by atoms with Gasteiger partial charge in [0.15, 0.2) is 0 Å². The molecule has 128 valence electrons. The second kappa shape index (κ2) is 6.26. The number of aromatic nitrogens is 1. The fourth-order valence-electron chi connectivity index (χ4n) is 3.54. The van der Waals surface area contributed by atoms with E-state index < -0.39 is 5.97 Å². The van der Waals surface area contributed by atoms with Crippen LogP contribution in [0.2, 0.25) is 0 Å². The lowest BCUT2D eigenvalue weighted by Gasteiger charge is -2.11. The van der Waals surface area contributed by atoms with Gasteiger partial charge in [0.2, 0.25) is 0 Å². The molecule has 1 aromatic heterocycles. The van der Waals surface area contributed by atoms with Gasteiger partial charge in [0.25, 0.3) is 0 Å². The van der Waals surface area contributed by atoms with Crippen LogP contribution in [0.1, 0.15) is 32.6 Å². The van der Waals surface area contributed by atoms with E-state index in [1.807, 2.05) is 42.5 Å². The van der Waals surface area contributed by atoms with E-state index in [1.165, 1.54) is 16.7 Å². The van der Waals surface area contributed by atoms with Crippen LogP contribution in [0.25, 0.3) is 21.8 Å². The molecule has 0 radical (unpaired) electrons. The third-order valence-electron chi connectivity index (χ3n) is 4.85. The summed E-state index contributed by atoms with van der Waals surface area (Å²) in [6.07, 6.45) is 0.772. The van der Waals surface area contributed by atoms with E-state index in [0.29, 0.717) is 27.4 Å². The molecule has 0 fully saturated rings. The molecule has 0 aliphatic carbocycles. The molecule has 0 saturated carbocycles. The number of aromatic carboxylic acids is 1. The van der Waals surface area contributed by atoms with Crippen LogP contribution in [-0.2, 0) is 6.42 Å². The van der Waals surface area contributed by atoms with Gasteiger partial charge in [-0.3, -0.25) is 0 Å². The zero-order chi connectivity index (χ0) is 18.3. The molecule has 26 heavy (non-hydrogen) atoms. The Hall–Kier alpha value is -3.20. The van der Waals surface area contributed by atoms with Crippen molar-refractivity contribution in [3.63, 3.8) is 0 Å². The molecule has 0 bridgehead atoms. The minimum Gasteiger partial charge on any atom is -0.478 e. The van der Waals surface area contributed by atoms with Crippen LogP contribution in [-0.4, -0.2) is 16.1 Å². The first kappa shape index (κ1) is 16.3. The van der Waals surface area contributed by atoms with E-state index in [-0.39, 0.29) is 0 Å². The van der Waals surface area contributed by atoms with E-state index in [9.17, 15) is 9.90 Å². The number of hydrogen-bond donors (Lipinski definition) is 1. The summed E-state index contributed by atoms with van der Waals surface area (Å²) in [5, 5.41) is 11.2. The van der Waals surface area contributed by atoms with E-state index in [0.717, 1.165) is 12.0 Å². The highest BCUT2D eigenvalue weighted by molar-refractivity contribution is 6.13. The number of para-hydroxylation sites is 1. The van der Waals surface area contributed by atoms with Crippen molar-refractivity contribution in [2.45, 2.75) is 20.3 Å². The number of pyridine rings is 1. The molecule has 0 amide bonds. The number of fused-ring (bicyclic) bond motifs is 2. The Bertz CT molecular complexity index is 1160. The summed E-state index contributed by atoms with van der Waals surface area (Å²) in [4.78, 5) is 16.6. The smallest absolute Gasteiger partial charge is 0.337 e. The second-order valence-corrected chi connectivity index (χ2v) is 6.77. The summed E-state index contributed by atoms with van der Waals surface area (Å²) in [5.41, 5.74) is 6.58. The number of benzene rings is 3. The Morgan fingerprint density at radius 2 is 1.69 bits per heavy atom. The van der Waals surface area contributed by atoms with Gasteiger partial charge in [0.05, 0.1) is 16.6 Å². The van der Waals surface area contributed by atoms with Crippen molar-refractivity contribution < 1.29 is 9.90 Å². The number of carbonyl (C=O) groups is 1. The van der Waals surface area contributed by atoms with Crippen molar-refractivity contribution in [1.29, 1.82) is 0 Å². The minimum absolute atomic E-state index is 0.327. The topological polar surface area (TPSA) is 50.2 Å². The number of aryl methyl sites for hydroxylation is 2. The standard InChI is InChI=1S/C23H19NO2/c1-14-7-9-17(15(2)11-14)12-16-8-10-21-19(13-16)22(23(25)26)18-5-3-4-6-20(18)24-21/h3-11,13H,12H2,1-2H3,(H,25,26). The summed E-state index contributed by atoms with van der Waals surface area (Å²) in [5.74, 6) is -0.919. The van der Waals surface area contributed by atoms with Gasteiger partial charge in [-0.25, -0.2) is 9.78 Å². The van der Waals surface area contributed by atoms with Crippen molar-refractivity contribution in [1.82, 2.24) is 4.98 Å². The highest BCUT2D eigenvalue weighted by Crippen LogP contribution is 2.28. The first-order valence-electron chi connectivity index (χ1n) is 8.64. The predicted octanol–water partition coefficient (Wildman–Crippen LogP) is 5.29. The first-order valence-corrected chi connectivity index (χ1v) is 8.64. The van der Waals surface area contributed by atoms with Crippen LogP contribution in [0.4, 0.5) is 0 Å². The largest absolute Gasteiger partial charge is 0.478 e. The van der Waals surface area contributed by atoms with E-state index in [4.69, 9.17) is 0 Å². The molecule has 0 unspecified atom stereocenters. The fourth-order valence-corrected chi connectivity index (χ4v) is 3.54. The van der Waals surface area contributed by atoms with Crippen molar-refractivity contribution in [2.75, 3.05) is 0 Å². The monoisotopic (exact) mass is 341 g/mol. The quantitative estimate of drug-likeness (QED) is 0.515. The van der Waals surface area contributed by atoms with E-state index >= 15 is 0 Å². The van der Waals surface area contributed by atoms with Gasteiger partial charge in [-0.2, -0.15) is 0 Å². The van der Waals surface area contributed by atoms with Crippen LogP contribution in [0.3, 0.4) is 0 Å². The Kier molecular flexibility index (Phi) is 3.92. The molecule has 0 spiro atoms. The predicted molar refractivity (Wildman–Crippen MR) is 105 cm³/mol. The third kappa shape index (κ3) is 2.82. The number of carboxylic acids is 1. The van der Waals surface area contributed by atoms with Gasteiger partial charge in [-0.15, -0.1) is 0 Å². The molecule has 0 atom stereocenters. The van der Waals surface area contributed by atoms with Crippen LogP contribution in [0.5, 0.6) is 0 Å². The fraction of sp³-hybridized carbons (Fsp3) is 0.130. The number of hydrogen-bond acceptors (Lipinski definition) is 2. The molecule has 4 aromatic rings. The maximum Gasteiger partial charge on any atom is 0.337 e. The minimum atomic E-state index is -0.919. The van der Waals surface area contributed by atoms with Gasteiger partial charge in [-0.1, -0.05) is 48.0 Å². The van der Waals surface area contributed by atoms with Gasteiger partial charge in [0.1, 0.15) is 0 Å². The number of rotatable bonds is 3. The SMILES string of the molecule is Cc1ccc(Cc2ccc3nc4ccccc4c(C(=O)O)c3c2)c(C)c1. The highest BCUT2D eigenvalue weighted by atomic mass is 16.4. The van der Waals surface area contributed by atoms with Gasteiger partial charge in [-0.05, 0) is 55.2 Å². The van der Waals surface area contributed by atoms with Crippen LogP contribution in [0.15, 0.2) is 60.7 Å². The lowest BCUT2D eigenvalue weighted by atomic mass is 9.96. The third-order valence-corrected chi connectivity index (χ3v) is 4.85. The summed E-state index contributed by atoms with van der Waals surface area (Å²) < 4.78 is 0. The zero-order valence-electron chi connectivity index (χ0n) is 14.8. The number of carboxylic acid groups (broad SMARTS) is 1. The summed E-state index contributed by atoms with van der Waals surface area (Å²) in [7, 11) is 0. The van der Waals surface area contributed by atoms with Crippen molar-refractivity contribution in [3.05, 3.63) is 88.5 Å². The number of nitrogens with zero attached hydrogens (tertiary/aromatic N) is 1. The lowest BCUT2D eigenvalue weighted by molar-refractivity contribution is 0.0701. The van der Waals surface area contributed by atoms with Gasteiger partial charge < -0.3 is 5.11 Å². The van der Waals surface area contributed by atoms with Crippen molar-refractivity contribution >= 4 is 27.8 Å². The molecule has 1 N–H and O–H groups in total. The molecule has 3 nitrogen and oxygen atoms in total. The first-order chi connectivity index (χ1) is 12.5. The van der Waals surface area contributed by atoms with E-state index in [1.54, 1.807) is 0 Å². The molecule has 1 heterocycles. The van der Waals surface area contributed by atoms with Crippen LogP contribution in [0, 0.1) is 13.8 Å². The average Bonchev–Trinajstić information content (AvgIpc) is 2.61. The Morgan fingerprint density at radius 1 is 0.923 bits per heavy atom. The highest BCUT2D eigenvalue weighted by Gasteiger charge is 2.15. The van der Waals surface area contributed by atoms with Crippen molar-refractivity contribution in [3.8, 4) is 0 Å². The van der Waals surface area contributed by atoms with Gasteiger partial charge >= 0.3 is 5.97 Å². The average molecular weight is 341 g/mol.